The average Bonchev–Trinajstić information content (AvgIpc) is 2.85. The van der Waals surface area contributed by atoms with Gasteiger partial charge in [0, 0.05) is 23.7 Å². The normalized spacial score (nSPS) is 15.2. The molecule has 0 radical (unpaired) electrons. The number of nitrogens with zero attached hydrogens (tertiary/aromatic N) is 2. The third kappa shape index (κ3) is 7.64. The maximum Gasteiger partial charge on any atom is 0.244 e. The second-order valence-electron chi connectivity index (χ2n) is 9.25. The molecule has 0 saturated heterocycles. The van der Waals surface area contributed by atoms with Gasteiger partial charge in [-0.05, 0) is 43.0 Å². The van der Waals surface area contributed by atoms with E-state index in [0.717, 1.165) is 56.6 Å². The van der Waals surface area contributed by atoms with Crippen molar-refractivity contribution in [2.45, 2.75) is 64.1 Å². The lowest BCUT2D eigenvalue weighted by atomic mass is 9.95. The molecule has 3 rings (SSSR count). The summed E-state index contributed by atoms with van der Waals surface area (Å²) in [6.07, 6.45) is 6.01. The molecular formula is C26H32ClF2N3O4S. The highest BCUT2D eigenvalue weighted by atomic mass is 35.5. The van der Waals surface area contributed by atoms with Crippen LogP contribution in [0, 0.1) is 11.6 Å². The molecule has 0 aromatic heterocycles. The molecule has 0 heterocycles. The summed E-state index contributed by atoms with van der Waals surface area (Å²) in [5.74, 6) is -3.40. The first-order valence-electron chi connectivity index (χ1n) is 12.3. The molecule has 0 spiro atoms. The van der Waals surface area contributed by atoms with Crippen LogP contribution >= 0.6 is 11.6 Å². The van der Waals surface area contributed by atoms with E-state index in [1.165, 1.54) is 4.90 Å². The van der Waals surface area contributed by atoms with E-state index >= 15 is 0 Å². The molecule has 1 fully saturated rings. The molecule has 1 aliphatic rings. The van der Waals surface area contributed by atoms with Crippen molar-refractivity contribution in [3.63, 3.8) is 0 Å². The van der Waals surface area contributed by atoms with Gasteiger partial charge in [0.05, 0.1) is 11.9 Å². The summed E-state index contributed by atoms with van der Waals surface area (Å²) in [6.45, 7) is 1.02. The lowest BCUT2D eigenvalue weighted by Crippen LogP contribution is -2.54. The van der Waals surface area contributed by atoms with Crippen molar-refractivity contribution < 1.29 is 26.8 Å². The summed E-state index contributed by atoms with van der Waals surface area (Å²) in [7, 11) is -4.06. The van der Waals surface area contributed by atoms with E-state index in [1.807, 2.05) is 0 Å². The summed E-state index contributed by atoms with van der Waals surface area (Å²) < 4.78 is 53.2. The minimum Gasteiger partial charge on any atom is -0.352 e. The molecule has 1 atom stereocenters. The molecule has 37 heavy (non-hydrogen) atoms. The van der Waals surface area contributed by atoms with Crippen LogP contribution in [-0.2, 0) is 26.2 Å². The topological polar surface area (TPSA) is 86.8 Å². The van der Waals surface area contributed by atoms with Crippen LogP contribution in [0.4, 0.5) is 14.5 Å². The van der Waals surface area contributed by atoms with E-state index in [9.17, 15) is 26.8 Å². The first-order chi connectivity index (χ1) is 17.5. The van der Waals surface area contributed by atoms with E-state index in [4.69, 9.17) is 11.6 Å². The third-order valence-corrected chi connectivity index (χ3v) is 8.02. The van der Waals surface area contributed by atoms with Gasteiger partial charge >= 0.3 is 0 Å². The molecule has 1 unspecified atom stereocenters. The zero-order chi connectivity index (χ0) is 27.2. The van der Waals surface area contributed by atoms with Crippen molar-refractivity contribution in [2.75, 3.05) is 17.1 Å². The van der Waals surface area contributed by atoms with Crippen molar-refractivity contribution in [1.29, 1.82) is 0 Å². The summed E-state index contributed by atoms with van der Waals surface area (Å²) in [4.78, 5) is 28.3. The molecule has 11 heteroatoms. The fourth-order valence-corrected chi connectivity index (χ4v) is 5.56. The van der Waals surface area contributed by atoms with Crippen molar-refractivity contribution in [1.82, 2.24) is 10.2 Å². The van der Waals surface area contributed by atoms with Gasteiger partial charge in [0.2, 0.25) is 21.8 Å². The van der Waals surface area contributed by atoms with Crippen LogP contribution in [0.25, 0.3) is 0 Å². The van der Waals surface area contributed by atoms with Crippen LogP contribution in [0.5, 0.6) is 0 Å². The molecule has 202 valence electrons. The number of benzene rings is 2. The van der Waals surface area contributed by atoms with E-state index < -0.39 is 40.2 Å². The van der Waals surface area contributed by atoms with Crippen LogP contribution in [0.3, 0.4) is 0 Å². The number of carbonyl (C=O) groups is 2. The maximum absolute atomic E-state index is 13.9. The number of carbonyl (C=O) groups excluding carboxylic acids is 2. The van der Waals surface area contributed by atoms with Gasteiger partial charge in [0.25, 0.3) is 0 Å². The number of nitrogens with one attached hydrogen (secondary N) is 1. The van der Waals surface area contributed by atoms with E-state index in [-0.39, 0.29) is 30.6 Å². The molecule has 2 aromatic rings. The van der Waals surface area contributed by atoms with Gasteiger partial charge in [-0.2, -0.15) is 0 Å². The molecule has 1 aliphatic carbocycles. The summed E-state index contributed by atoms with van der Waals surface area (Å²) >= 11 is 6.34. The van der Waals surface area contributed by atoms with Crippen LogP contribution in [0.1, 0.15) is 51.0 Å². The number of anilines is 1. The third-order valence-electron chi connectivity index (χ3n) is 6.51. The number of halogens is 3. The number of rotatable bonds is 10. The molecular weight excluding hydrogens is 524 g/mol. The zero-order valence-electron chi connectivity index (χ0n) is 20.9. The Kier molecular flexibility index (Phi) is 9.89. The smallest absolute Gasteiger partial charge is 0.244 e. The van der Waals surface area contributed by atoms with Gasteiger partial charge in [-0.15, -0.1) is 0 Å². The van der Waals surface area contributed by atoms with E-state index in [1.54, 1.807) is 31.2 Å². The Bertz CT molecular complexity index is 1220. The number of hydrogen-bond acceptors (Lipinski definition) is 4. The lowest BCUT2D eigenvalue weighted by Gasteiger charge is -2.34. The van der Waals surface area contributed by atoms with Gasteiger partial charge in [-0.25, -0.2) is 17.2 Å². The lowest BCUT2D eigenvalue weighted by molar-refractivity contribution is -0.140. The van der Waals surface area contributed by atoms with Gasteiger partial charge < -0.3 is 10.2 Å². The van der Waals surface area contributed by atoms with Gasteiger partial charge in [-0.3, -0.25) is 13.9 Å². The van der Waals surface area contributed by atoms with Crippen molar-refractivity contribution in [2.24, 2.45) is 0 Å². The quantitative estimate of drug-likeness (QED) is 0.463. The second kappa shape index (κ2) is 12.7. The predicted octanol–water partition coefficient (Wildman–Crippen LogP) is 4.64. The van der Waals surface area contributed by atoms with E-state index in [2.05, 4.69) is 5.32 Å². The molecule has 0 aliphatic heterocycles. The molecule has 2 amide bonds. The number of hydrogen-bond donors (Lipinski definition) is 1. The largest absolute Gasteiger partial charge is 0.352 e. The Morgan fingerprint density at radius 1 is 1.08 bits per heavy atom. The Hall–Kier alpha value is -2.72. The van der Waals surface area contributed by atoms with Crippen molar-refractivity contribution >= 4 is 39.1 Å². The van der Waals surface area contributed by atoms with Gasteiger partial charge in [-0.1, -0.05) is 56.0 Å². The van der Waals surface area contributed by atoms with Crippen molar-refractivity contribution in [3.8, 4) is 0 Å². The molecule has 7 nitrogen and oxygen atoms in total. The standard InChI is InChI=1S/C26H32ClF2N3O4S/c1-3-24(26(34)30-19-10-5-4-6-11-19)31(16-18-9-7-8-12-21(18)27)25(33)17-32(37(2,35)36)20-13-14-22(28)23(29)15-20/h7-9,12-15,19,24H,3-6,10-11,16-17H2,1-2H3,(H,30,34). The Balaban J connectivity index is 1.93. The average molecular weight is 556 g/mol. The zero-order valence-corrected chi connectivity index (χ0v) is 22.5. The van der Waals surface area contributed by atoms with Crippen molar-refractivity contribution in [3.05, 3.63) is 64.7 Å². The SMILES string of the molecule is CCC(C(=O)NC1CCCCC1)N(Cc1ccccc1Cl)C(=O)CN(c1ccc(F)c(F)c1)S(C)(=O)=O. The highest BCUT2D eigenvalue weighted by molar-refractivity contribution is 7.92. The number of amides is 2. The van der Waals surface area contributed by atoms with Crippen LogP contribution in [-0.4, -0.2) is 50.0 Å². The molecule has 0 bridgehead atoms. The highest BCUT2D eigenvalue weighted by Gasteiger charge is 2.33. The van der Waals surface area contributed by atoms with Crippen LogP contribution in [0.2, 0.25) is 5.02 Å². The van der Waals surface area contributed by atoms with Gasteiger partial charge in [0.1, 0.15) is 12.6 Å². The first-order valence-corrected chi connectivity index (χ1v) is 14.5. The molecule has 1 N–H and O–H groups in total. The fourth-order valence-electron chi connectivity index (χ4n) is 4.53. The molecule has 1 saturated carbocycles. The first kappa shape index (κ1) is 28.8. The Morgan fingerprint density at radius 3 is 2.35 bits per heavy atom. The molecule has 2 aromatic carbocycles. The number of sulfonamides is 1. The Labute approximate surface area is 221 Å². The Morgan fingerprint density at radius 2 is 1.76 bits per heavy atom. The predicted molar refractivity (Wildman–Crippen MR) is 140 cm³/mol. The summed E-state index contributed by atoms with van der Waals surface area (Å²) in [5.41, 5.74) is 0.382. The maximum atomic E-state index is 13.9. The second-order valence-corrected chi connectivity index (χ2v) is 11.6. The van der Waals surface area contributed by atoms with Gasteiger partial charge in [0.15, 0.2) is 11.6 Å². The minimum absolute atomic E-state index is 0.0160. The summed E-state index contributed by atoms with van der Waals surface area (Å²) in [6, 6.07) is 8.58. The monoisotopic (exact) mass is 555 g/mol. The van der Waals surface area contributed by atoms with Crippen LogP contribution in [0.15, 0.2) is 42.5 Å². The van der Waals surface area contributed by atoms with E-state index in [0.29, 0.717) is 14.9 Å². The summed E-state index contributed by atoms with van der Waals surface area (Å²) in [5, 5.41) is 3.44. The van der Waals surface area contributed by atoms with Crippen LogP contribution < -0.4 is 9.62 Å². The highest BCUT2D eigenvalue weighted by Crippen LogP contribution is 2.24. The fraction of sp³-hybridized carbons (Fsp3) is 0.462. The minimum atomic E-state index is -4.06.